The van der Waals surface area contributed by atoms with Crippen LogP contribution in [0.15, 0.2) is 97.3 Å². The number of aryl methyl sites for hydroxylation is 1. The van der Waals surface area contributed by atoms with Crippen molar-refractivity contribution >= 4 is 5.78 Å². The van der Waals surface area contributed by atoms with E-state index in [0.29, 0.717) is 19.3 Å². The molecule has 0 saturated heterocycles. The molecular weight excluding hydrogens is 401 g/mol. The minimum absolute atomic E-state index is 0.191. The summed E-state index contributed by atoms with van der Waals surface area (Å²) >= 11 is 0. The number of pyridine rings is 1. The van der Waals surface area contributed by atoms with Gasteiger partial charge in [-0.25, -0.2) is 4.39 Å². The van der Waals surface area contributed by atoms with Crippen LogP contribution in [0.5, 0.6) is 5.75 Å². The first-order chi connectivity index (χ1) is 15.7. The molecule has 1 heterocycles. The van der Waals surface area contributed by atoms with Crippen molar-refractivity contribution in [2.24, 2.45) is 0 Å². The molecule has 0 atom stereocenters. The number of aromatic nitrogens is 1. The number of para-hydroxylation sites is 1. The lowest BCUT2D eigenvalue weighted by Gasteiger charge is -2.13. The molecule has 3 aromatic carbocycles. The molecule has 0 unspecified atom stereocenters. The van der Waals surface area contributed by atoms with Crippen molar-refractivity contribution in [3.63, 3.8) is 0 Å². The molecule has 3 nitrogen and oxygen atoms in total. The highest BCUT2D eigenvalue weighted by molar-refractivity contribution is 5.81. The Morgan fingerprint density at radius 2 is 1.59 bits per heavy atom. The predicted octanol–water partition coefficient (Wildman–Crippen LogP) is 6.21. The SMILES string of the molecule is O=C(CCc1cccnc1)Cc1ccc(COc2c(F)cccc2-c2ccccc2)cc1. The van der Waals surface area contributed by atoms with E-state index in [0.717, 1.165) is 27.8 Å². The third-order valence-electron chi connectivity index (χ3n) is 5.27. The van der Waals surface area contributed by atoms with Crippen molar-refractivity contribution < 1.29 is 13.9 Å². The normalized spacial score (nSPS) is 10.7. The fourth-order valence-electron chi connectivity index (χ4n) is 3.56. The van der Waals surface area contributed by atoms with Crippen LogP contribution in [0, 0.1) is 5.82 Å². The topological polar surface area (TPSA) is 39.2 Å². The molecule has 0 bridgehead atoms. The second-order valence-electron chi connectivity index (χ2n) is 7.66. The van der Waals surface area contributed by atoms with Gasteiger partial charge in [0.1, 0.15) is 12.4 Å². The molecule has 0 amide bonds. The van der Waals surface area contributed by atoms with Crippen LogP contribution in [0.25, 0.3) is 11.1 Å². The lowest BCUT2D eigenvalue weighted by molar-refractivity contribution is -0.118. The number of ketones is 1. The Balaban J connectivity index is 1.35. The van der Waals surface area contributed by atoms with Crippen molar-refractivity contribution in [3.8, 4) is 16.9 Å². The van der Waals surface area contributed by atoms with Gasteiger partial charge in [-0.15, -0.1) is 0 Å². The highest BCUT2D eigenvalue weighted by Crippen LogP contribution is 2.32. The molecule has 4 rings (SSSR count). The number of Topliss-reactive ketones (excluding diaryl/α,β-unsaturated/α-hetero) is 1. The summed E-state index contributed by atoms with van der Waals surface area (Å²) in [6.07, 6.45) is 5.11. The van der Waals surface area contributed by atoms with E-state index in [9.17, 15) is 9.18 Å². The van der Waals surface area contributed by atoms with Crippen LogP contribution >= 0.6 is 0 Å². The van der Waals surface area contributed by atoms with E-state index in [2.05, 4.69) is 4.98 Å². The number of benzene rings is 3. The molecule has 4 aromatic rings. The number of ether oxygens (including phenoxy) is 1. The van der Waals surface area contributed by atoms with E-state index < -0.39 is 0 Å². The van der Waals surface area contributed by atoms with Gasteiger partial charge in [-0.2, -0.15) is 0 Å². The van der Waals surface area contributed by atoms with Gasteiger partial charge in [-0.05, 0) is 40.8 Å². The van der Waals surface area contributed by atoms with Gasteiger partial charge in [0, 0.05) is 30.8 Å². The van der Waals surface area contributed by atoms with Crippen molar-refractivity contribution in [3.05, 3.63) is 120 Å². The number of halogens is 1. The average Bonchev–Trinajstić information content (AvgIpc) is 2.84. The molecule has 0 saturated carbocycles. The monoisotopic (exact) mass is 425 g/mol. The molecule has 1 aromatic heterocycles. The highest BCUT2D eigenvalue weighted by atomic mass is 19.1. The number of carbonyl (C=O) groups excluding carboxylic acids is 1. The molecular formula is C28H24FNO2. The number of hydrogen-bond donors (Lipinski definition) is 0. The quantitative estimate of drug-likeness (QED) is 0.320. The first-order valence-corrected chi connectivity index (χ1v) is 10.6. The Kier molecular flexibility index (Phi) is 7.03. The minimum atomic E-state index is -0.387. The molecule has 32 heavy (non-hydrogen) atoms. The van der Waals surface area contributed by atoms with Gasteiger partial charge < -0.3 is 4.74 Å². The Hall–Kier alpha value is -3.79. The van der Waals surface area contributed by atoms with Crippen LogP contribution in [-0.2, 0) is 24.2 Å². The van der Waals surface area contributed by atoms with E-state index in [-0.39, 0.29) is 24.0 Å². The number of rotatable bonds is 9. The average molecular weight is 426 g/mol. The van der Waals surface area contributed by atoms with E-state index >= 15 is 0 Å². The van der Waals surface area contributed by atoms with Crippen LogP contribution in [-0.4, -0.2) is 10.8 Å². The summed E-state index contributed by atoms with van der Waals surface area (Å²) < 4.78 is 20.3. The van der Waals surface area contributed by atoms with Crippen LogP contribution in [0.1, 0.15) is 23.1 Å². The zero-order valence-electron chi connectivity index (χ0n) is 17.7. The molecule has 0 N–H and O–H groups in total. The van der Waals surface area contributed by atoms with Crippen molar-refractivity contribution in [2.75, 3.05) is 0 Å². The first kappa shape index (κ1) is 21.4. The predicted molar refractivity (Wildman–Crippen MR) is 124 cm³/mol. The van der Waals surface area contributed by atoms with Crippen LogP contribution < -0.4 is 4.74 Å². The second-order valence-corrected chi connectivity index (χ2v) is 7.66. The first-order valence-electron chi connectivity index (χ1n) is 10.6. The number of nitrogens with zero attached hydrogens (tertiary/aromatic N) is 1. The highest BCUT2D eigenvalue weighted by Gasteiger charge is 2.12. The van der Waals surface area contributed by atoms with E-state index in [1.165, 1.54) is 6.07 Å². The maximum atomic E-state index is 14.5. The Morgan fingerprint density at radius 3 is 2.34 bits per heavy atom. The van der Waals surface area contributed by atoms with E-state index in [1.54, 1.807) is 18.5 Å². The van der Waals surface area contributed by atoms with Crippen LogP contribution in [0.2, 0.25) is 0 Å². The van der Waals surface area contributed by atoms with Gasteiger partial charge in [-0.3, -0.25) is 9.78 Å². The fourth-order valence-corrected chi connectivity index (χ4v) is 3.56. The van der Waals surface area contributed by atoms with Crippen LogP contribution in [0.3, 0.4) is 0 Å². The summed E-state index contributed by atoms with van der Waals surface area (Å²) in [4.78, 5) is 16.4. The van der Waals surface area contributed by atoms with Gasteiger partial charge in [-0.1, -0.05) is 72.8 Å². The van der Waals surface area contributed by atoms with Gasteiger partial charge in [0.15, 0.2) is 11.6 Å². The molecule has 0 aliphatic heterocycles. The lowest BCUT2D eigenvalue weighted by atomic mass is 10.0. The fraction of sp³-hybridized carbons (Fsp3) is 0.143. The Morgan fingerprint density at radius 1 is 0.812 bits per heavy atom. The minimum Gasteiger partial charge on any atom is -0.485 e. The summed E-state index contributed by atoms with van der Waals surface area (Å²) in [7, 11) is 0. The maximum absolute atomic E-state index is 14.5. The number of hydrogen-bond acceptors (Lipinski definition) is 3. The molecule has 0 aliphatic carbocycles. The molecule has 0 fully saturated rings. The largest absolute Gasteiger partial charge is 0.485 e. The summed E-state index contributed by atoms with van der Waals surface area (Å²) in [5.74, 6) is 0.0484. The van der Waals surface area contributed by atoms with E-state index in [1.807, 2.05) is 72.8 Å². The standard InChI is InChI=1S/C28H24FNO2/c29-27-10-4-9-26(24-7-2-1-3-8-24)28(27)32-20-23-13-11-21(12-14-23)18-25(31)16-15-22-6-5-17-30-19-22/h1-14,17,19H,15-16,18,20H2. The van der Waals surface area contributed by atoms with Crippen molar-refractivity contribution in [2.45, 2.75) is 25.9 Å². The maximum Gasteiger partial charge on any atom is 0.165 e. The van der Waals surface area contributed by atoms with Gasteiger partial charge >= 0.3 is 0 Å². The molecule has 4 heteroatoms. The summed E-state index contributed by atoms with van der Waals surface area (Å²) in [6, 6.07) is 26.1. The van der Waals surface area contributed by atoms with Gasteiger partial charge in [0.25, 0.3) is 0 Å². The lowest BCUT2D eigenvalue weighted by Crippen LogP contribution is -2.05. The molecule has 0 spiro atoms. The number of carbonyl (C=O) groups is 1. The van der Waals surface area contributed by atoms with Crippen LogP contribution in [0.4, 0.5) is 4.39 Å². The molecule has 0 radical (unpaired) electrons. The second kappa shape index (κ2) is 10.5. The van der Waals surface area contributed by atoms with Crippen molar-refractivity contribution in [1.82, 2.24) is 4.98 Å². The van der Waals surface area contributed by atoms with Gasteiger partial charge in [0.05, 0.1) is 0 Å². The summed E-state index contributed by atoms with van der Waals surface area (Å²) in [5, 5.41) is 0. The summed E-state index contributed by atoms with van der Waals surface area (Å²) in [5.41, 5.74) is 4.57. The Labute approximate surface area is 187 Å². The van der Waals surface area contributed by atoms with Gasteiger partial charge in [0.2, 0.25) is 0 Å². The third-order valence-corrected chi connectivity index (χ3v) is 5.27. The molecule has 0 aliphatic rings. The summed E-state index contributed by atoms with van der Waals surface area (Å²) in [6.45, 7) is 0.246. The molecule has 160 valence electrons. The smallest absolute Gasteiger partial charge is 0.165 e. The van der Waals surface area contributed by atoms with Crippen molar-refractivity contribution in [1.29, 1.82) is 0 Å². The zero-order valence-corrected chi connectivity index (χ0v) is 17.7. The van der Waals surface area contributed by atoms with E-state index in [4.69, 9.17) is 4.74 Å². The zero-order chi connectivity index (χ0) is 22.2. The third kappa shape index (κ3) is 5.67. The Bertz CT molecular complexity index is 1160.